The van der Waals surface area contributed by atoms with Crippen LogP contribution in [0.4, 0.5) is 0 Å². The zero-order valence-corrected chi connectivity index (χ0v) is 7.97. The van der Waals surface area contributed by atoms with Crippen LogP contribution < -0.4 is 0 Å². The van der Waals surface area contributed by atoms with Gasteiger partial charge >= 0.3 is 0 Å². The lowest BCUT2D eigenvalue weighted by Crippen LogP contribution is -2.32. The first kappa shape index (κ1) is 8.55. The Hall–Kier alpha value is -0.0400. The summed E-state index contributed by atoms with van der Waals surface area (Å²) in [5, 5.41) is 0. The first-order valence-corrected chi connectivity index (χ1v) is 5.45. The highest BCUT2D eigenvalue weighted by Gasteiger charge is 2.26. The average Bonchev–Trinajstić information content (AvgIpc) is 2.53. The van der Waals surface area contributed by atoms with E-state index >= 15 is 0 Å². The molecule has 0 radical (unpaired) electrons. The number of hydrogen-bond donors (Lipinski definition) is 0. The summed E-state index contributed by atoms with van der Waals surface area (Å²) in [5.74, 6) is 0.985. The molecule has 1 saturated heterocycles. The van der Waals surface area contributed by atoms with E-state index in [1.807, 2.05) is 0 Å². The summed E-state index contributed by atoms with van der Waals surface area (Å²) < 4.78 is 0. The van der Waals surface area contributed by atoms with Crippen LogP contribution in [0.15, 0.2) is 0 Å². The Labute approximate surface area is 76.1 Å². The van der Waals surface area contributed by atoms with Crippen LogP contribution in [-0.4, -0.2) is 17.5 Å². The Morgan fingerprint density at radius 3 is 2.25 bits per heavy atom. The van der Waals surface area contributed by atoms with Crippen LogP contribution in [0.5, 0.6) is 0 Å². The van der Waals surface area contributed by atoms with Crippen molar-refractivity contribution in [2.75, 3.05) is 6.54 Å². The summed E-state index contributed by atoms with van der Waals surface area (Å²) in [5.41, 5.74) is 0. The number of rotatable bonds is 1. The molecule has 12 heavy (non-hydrogen) atoms. The Morgan fingerprint density at radius 1 is 0.917 bits per heavy atom. The molecule has 1 heteroatoms. The molecule has 0 amide bonds. The summed E-state index contributed by atoms with van der Waals surface area (Å²) >= 11 is 0. The van der Waals surface area contributed by atoms with Crippen molar-refractivity contribution in [1.29, 1.82) is 0 Å². The van der Waals surface area contributed by atoms with Gasteiger partial charge in [0.1, 0.15) is 0 Å². The summed E-state index contributed by atoms with van der Waals surface area (Å²) in [4.78, 5) is 2.34. The molecule has 1 heterocycles. The Bertz CT molecular complexity index is 138. The van der Waals surface area contributed by atoms with Crippen LogP contribution in [0.3, 0.4) is 0 Å². The van der Waals surface area contributed by atoms with E-state index in [0.29, 0.717) is 0 Å². The van der Waals surface area contributed by atoms with Crippen LogP contribution in [-0.2, 0) is 0 Å². The molecule has 1 aliphatic heterocycles. The summed E-state index contributed by atoms with van der Waals surface area (Å²) in [6.07, 6.45) is 10.1. The van der Waals surface area contributed by atoms with Crippen molar-refractivity contribution in [1.82, 2.24) is 4.90 Å². The van der Waals surface area contributed by atoms with Gasteiger partial charge < -0.3 is 4.90 Å². The molecule has 0 aromatic rings. The van der Waals surface area contributed by atoms with Gasteiger partial charge in [0.15, 0.2) is 0 Å². The van der Waals surface area contributed by atoms with Crippen LogP contribution in [0, 0.1) is 13.0 Å². The SMILES string of the molecule is [CH2-]N1CCCC1C1CCCCC1. The smallest absolute Gasteiger partial charge is 0.0155 e. The highest BCUT2D eigenvalue weighted by Crippen LogP contribution is 2.33. The van der Waals surface area contributed by atoms with Crippen molar-refractivity contribution in [2.24, 2.45) is 5.92 Å². The summed E-state index contributed by atoms with van der Waals surface area (Å²) in [6.45, 7) is 1.24. The highest BCUT2D eigenvalue weighted by atomic mass is 15.1. The third-order valence-corrected chi connectivity index (χ3v) is 3.61. The van der Waals surface area contributed by atoms with E-state index in [0.717, 1.165) is 12.0 Å². The third kappa shape index (κ3) is 1.66. The van der Waals surface area contributed by atoms with Crippen LogP contribution >= 0.6 is 0 Å². The van der Waals surface area contributed by atoms with Gasteiger partial charge in [-0.15, -0.1) is 0 Å². The van der Waals surface area contributed by atoms with Crippen molar-refractivity contribution in [3.63, 3.8) is 0 Å². The lowest BCUT2D eigenvalue weighted by Gasteiger charge is -2.36. The molecule has 70 valence electrons. The molecule has 1 aliphatic carbocycles. The van der Waals surface area contributed by atoms with Gasteiger partial charge in [-0.2, -0.15) is 0 Å². The quantitative estimate of drug-likeness (QED) is 0.541. The largest absolute Gasteiger partial charge is 0.456 e. The maximum atomic E-state index is 4.13. The lowest BCUT2D eigenvalue weighted by atomic mass is 9.83. The zero-order valence-electron chi connectivity index (χ0n) is 7.97. The molecule has 2 fully saturated rings. The predicted octanol–water partition coefficient (Wildman–Crippen LogP) is 2.82. The lowest BCUT2D eigenvalue weighted by molar-refractivity contribution is 0.200. The van der Waals surface area contributed by atoms with E-state index < -0.39 is 0 Å². The highest BCUT2D eigenvalue weighted by molar-refractivity contribution is 4.85. The Balaban J connectivity index is 1.89. The standard InChI is InChI=1S/C11H20N/c1-12-9-5-8-11(12)10-6-3-2-4-7-10/h10-11H,1-9H2/q-1. The van der Waals surface area contributed by atoms with Gasteiger partial charge in [0.25, 0.3) is 0 Å². The van der Waals surface area contributed by atoms with E-state index in [1.54, 1.807) is 0 Å². The number of nitrogens with zero attached hydrogens (tertiary/aromatic N) is 1. The molecule has 0 N–H and O–H groups in total. The topological polar surface area (TPSA) is 3.24 Å². The fraction of sp³-hybridized carbons (Fsp3) is 0.909. The first-order valence-electron chi connectivity index (χ1n) is 5.45. The van der Waals surface area contributed by atoms with Crippen LogP contribution in [0.2, 0.25) is 0 Å². The van der Waals surface area contributed by atoms with E-state index in [1.165, 1.54) is 51.5 Å². The molecule has 1 nitrogen and oxygen atoms in total. The Morgan fingerprint density at radius 2 is 1.67 bits per heavy atom. The summed E-state index contributed by atoms with van der Waals surface area (Å²) in [7, 11) is 4.13. The average molecular weight is 166 g/mol. The number of likely N-dealkylation sites (tertiary alicyclic amines) is 1. The normalized spacial score (nSPS) is 34.2. The molecule has 2 aliphatic rings. The molecule has 1 atom stereocenters. The molecule has 0 aromatic carbocycles. The monoisotopic (exact) mass is 166 g/mol. The van der Waals surface area contributed by atoms with Crippen molar-refractivity contribution in [3.8, 4) is 0 Å². The van der Waals surface area contributed by atoms with Gasteiger partial charge in [0.05, 0.1) is 0 Å². The van der Waals surface area contributed by atoms with Gasteiger partial charge in [-0.3, -0.25) is 7.05 Å². The van der Waals surface area contributed by atoms with Crippen molar-refractivity contribution in [3.05, 3.63) is 7.05 Å². The molecular formula is C11H20N-. The van der Waals surface area contributed by atoms with Gasteiger partial charge in [-0.25, -0.2) is 0 Å². The fourth-order valence-electron chi connectivity index (χ4n) is 2.90. The molecular weight excluding hydrogens is 146 g/mol. The molecule has 1 unspecified atom stereocenters. The van der Waals surface area contributed by atoms with E-state index in [2.05, 4.69) is 11.9 Å². The van der Waals surface area contributed by atoms with E-state index in [-0.39, 0.29) is 0 Å². The predicted molar refractivity (Wildman–Crippen MR) is 51.7 cm³/mol. The van der Waals surface area contributed by atoms with Crippen LogP contribution in [0.1, 0.15) is 44.9 Å². The molecule has 2 rings (SSSR count). The minimum Gasteiger partial charge on any atom is -0.456 e. The maximum Gasteiger partial charge on any atom is -0.0155 e. The second-order valence-corrected chi connectivity index (χ2v) is 4.42. The van der Waals surface area contributed by atoms with Crippen molar-refractivity contribution < 1.29 is 0 Å². The first-order chi connectivity index (χ1) is 5.88. The molecule has 0 bridgehead atoms. The molecule has 0 aromatic heterocycles. The van der Waals surface area contributed by atoms with Crippen molar-refractivity contribution in [2.45, 2.75) is 51.0 Å². The summed E-state index contributed by atoms with van der Waals surface area (Å²) in [6, 6.07) is 0.838. The van der Waals surface area contributed by atoms with Gasteiger partial charge in [-0.1, -0.05) is 19.3 Å². The van der Waals surface area contributed by atoms with Gasteiger partial charge in [0.2, 0.25) is 0 Å². The minimum atomic E-state index is 0.838. The second-order valence-electron chi connectivity index (χ2n) is 4.42. The fourth-order valence-corrected chi connectivity index (χ4v) is 2.90. The molecule has 1 saturated carbocycles. The second kappa shape index (κ2) is 3.78. The third-order valence-electron chi connectivity index (χ3n) is 3.61. The van der Waals surface area contributed by atoms with E-state index in [9.17, 15) is 0 Å². The minimum absolute atomic E-state index is 0.838. The number of hydrogen-bond acceptors (Lipinski definition) is 1. The van der Waals surface area contributed by atoms with Crippen LogP contribution in [0.25, 0.3) is 0 Å². The molecule has 0 spiro atoms. The maximum absolute atomic E-state index is 4.13. The van der Waals surface area contributed by atoms with Gasteiger partial charge in [0, 0.05) is 0 Å². The van der Waals surface area contributed by atoms with Gasteiger partial charge in [-0.05, 0) is 44.2 Å². The Kier molecular flexibility index (Phi) is 2.69. The van der Waals surface area contributed by atoms with Crippen molar-refractivity contribution >= 4 is 0 Å². The zero-order chi connectivity index (χ0) is 8.39. The van der Waals surface area contributed by atoms with E-state index in [4.69, 9.17) is 0 Å².